The maximum atomic E-state index is 12.8. The van der Waals surface area contributed by atoms with Crippen LogP contribution in [0, 0.1) is 5.92 Å². The van der Waals surface area contributed by atoms with Crippen molar-refractivity contribution in [2.75, 3.05) is 32.1 Å². The van der Waals surface area contributed by atoms with E-state index in [1.807, 2.05) is 32.4 Å². The van der Waals surface area contributed by atoms with Gasteiger partial charge in [0.05, 0.1) is 25.8 Å². The molecule has 1 aromatic heterocycles. The second kappa shape index (κ2) is 8.91. The van der Waals surface area contributed by atoms with Gasteiger partial charge in [-0.1, -0.05) is 0 Å². The van der Waals surface area contributed by atoms with Crippen LogP contribution < -0.4 is 20.1 Å². The lowest BCUT2D eigenvalue weighted by Crippen LogP contribution is -2.28. The third-order valence-corrected chi connectivity index (χ3v) is 4.43. The number of benzene rings is 1. The van der Waals surface area contributed by atoms with E-state index in [1.165, 1.54) is 0 Å². The van der Waals surface area contributed by atoms with Crippen molar-refractivity contribution >= 4 is 24.0 Å². The van der Waals surface area contributed by atoms with E-state index >= 15 is 0 Å². The van der Waals surface area contributed by atoms with Gasteiger partial charge in [-0.05, 0) is 24.6 Å². The molecule has 2 aromatic rings. The van der Waals surface area contributed by atoms with E-state index in [4.69, 9.17) is 9.47 Å². The first-order chi connectivity index (χ1) is 12.1. The van der Waals surface area contributed by atoms with Crippen LogP contribution in [0.4, 0.5) is 5.69 Å². The first-order valence-corrected chi connectivity index (χ1v) is 8.43. The van der Waals surface area contributed by atoms with Gasteiger partial charge >= 0.3 is 0 Å². The molecule has 1 aliphatic heterocycles. The molecule has 2 N–H and O–H groups in total. The zero-order valence-electron chi connectivity index (χ0n) is 15.2. The van der Waals surface area contributed by atoms with E-state index in [9.17, 15) is 4.79 Å². The van der Waals surface area contributed by atoms with Gasteiger partial charge < -0.3 is 20.1 Å². The van der Waals surface area contributed by atoms with Crippen LogP contribution in [0.15, 0.2) is 30.6 Å². The number of aryl methyl sites for hydroxylation is 1. The molecule has 2 heterocycles. The molecule has 0 radical (unpaired) electrons. The summed E-state index contributed by atoms with van der Waals surface area (Å²) in [6, 6.07) is 5.41. The summed E-state index contributed by atoms with van der Waals surface area (Å²) in [7, 11) is 3.48. The van der Waals surface area contributed by atoms with Crippen molar-refractivity contribution in [1.82, 2.24) is 15.1 Å². The third kappa shape index (κ3) is 4.28. The molecule has 0 saturated carbocycles. The summed E-state index contributed by atoms with van der Waals surface area (Å²) < 4.78 is 12.6. The van der Waals surface area contributed by atoms with Crippen molar-refractivity contribution in [2.24, 2.45) is 13.0 Å². The molecule has 8 heteroatoms. The lowest BCUT2D eigenvalue weighted by Gasteiger charge is -2.18. The SMILES string of the molecule is CCOc1cc(NC(=O)[C@H]2CNC[C@@H]2c2cnn(C)c2)ccc1OC.Cl. The van der Waals surface area contributed by atoms with Gasteiger partial charge in [0, 0.05) is 44.0 Å². The summed E-state index contributed by atoms with van der Waals surface area (Å²) in [5.41, 5.74) is 1.78. The highest BCUT2D eigenvalue weighted by molar-refractivity contribution is 5.94. The molecular weight excluding hydrogens is 356 g/mol. The van der Waals surface area contributed by atoms with Crippen LogP contribution in [0.25, 0.3) is 0 Å². The molecule has 0 spiro atoms. The van der Waals surface area contributed by atoms with Gasteiger partial charge in [-0.2, -0.15) is 5.10 Å². The molecule has 26 heavy (non-hydrogen) atoms. The van der Waals surface area contributed by atoms with E-state index in [1.54, 1.807) is 23.9 Å². The number of anilines is 1. The molecule has 1 aromatic carbocycles. The molecule has 3 rings (SSSR count). The number of rotatable bonds is 6. The fraction of sp³-hybridized carbons (Fsp3) is 0.444. The number of methoxy groups -OCH3 is 1. The number of nitrogens with zero attached hydrogens (tertiary/aromatic N) is 2. The molecule has 1 aliphatic rings. The van der Waals surface area contributed by atoms with Crippen LogP contribution in [-0.4, -0.2) is 42.5 Å². The Morgan fingerprint density at radius 1 is 1.38 bits per heavy atom. The minimum Gasteiger partial charge on any atom is -0.493 e. The van der Waals surface area contributed by atoms with Crippen molar-refractivity contribution in [2.45, 2.75) is 12.8 Å². The number of hydrogen-bond acceptors (Lipinski definition) is 5. The fourth-order valence-corrected chi connectivity index (χ4v) is 3.19. The minimum absolute atomic E-state index is 0. The van der Waals surface area contributed by atoms with Gasteiger partial charge in [0.15, 0.2) is 11.5 Å². The molecule has 0 aliphatic carbocycles. The molecule has 7 nitrogen and oxygen atoms in total. The van der Waals surface area contributed by atoms with Crippen molar-refractivity contribution in [3.63, 3.8) is 0 Å². The number of aromatic nitrogens is 2. The largest absolute Gasteiger partial charge is 0.493 e. The predicted octanol–water partition coefficient (Wildman–Crippen LogP) is 2.19. The Kier molecular flexibility index (Phi) is 6.88. The molecule has 1 amide bonds. The quantitative estimate of drug-likeness (QED) is 0.803. The fourth-order valence-electron chi connectivity index (χ4n) is 3.19. The third-order valence-electron chi connectivity index (χ3n) is 4.43. The highest BCUT2D eigenvalue weighted by Crippen LogP contribution is 2.32. The molecular formula is C18H25ClN4O3. The molecule has 142 valence electrons. The number of nitrogens with one attached hydrogen (secondary N) is 2. The minimum atomic E-state index is -0.137. The number of carbonyl (C=O) groups is 1. The summed E-state index contributed by atoms with van der Waals surface area (Å²) in [4.78, 5) is 12.8. The smallest absolute Gasteiger partial charge is 0.229 e. The Morgan fingerprint density at radius 3 is 2.85 bits per heavy atom. The predicted molar refractivity (Wildman–Crippen MR) is 102 cm³/mol. The number of halogens is 1. The van der Waals surface area contributed by atoms with Crippen molar-refractivity contribution in [3.05, 3.63) is 36.2 Å². The van der Waals surface area contributed by atoms with Crippen LogP contribution in [0.5, 0.6) is 11.5 Å². The monoisotopic (exact) mass is 380 g/mol. The number of hydrogen-bond donors (Lipinski definition) is 2. The van der Waals surface area contributed by atoms with Crippen LogP contribution in [-0.2, 0) is 11.8 Å². The zero-order chi connectivity index (χ0) is 17.8. The Labute approximate surface area is 159 Å². The van der Waals surface area contributed by atoms with E-state index in [0.29, 0.717) is 30.3 Å². The summed E-state index contributed by atoms with van der Waals surface area (Å²) in [5, 5.41) is 10.5. The van der Waals surface area contributed by atoms with Gasteiger partial charge in [-0.3, -0.25) is 9.48 Å². The summed E-state index contributed by atoms with van der Waals surface area (Å²) in [5.74, 6) is 1.25. The van der Waals surface area contributed by atoms with Crippen LogP contribution >= 0.6 is 12.4 Å². The van der Waals surface area contributed by atoms with Gasteiger partial charge in [0.1, 0.15) is 0 Å². The molecule has 1 saturated heterocycles. The molecule has 1 fully saturated rings. The average molecular weight is 381 g/mol. The topological polar surface area (TPSA) is 77.4 Å². The molecule has 2 atom stereocenters. The standard InChI is InChI=1S/C18H24N4O3.ClH/c1-4-25-17-7-13(5-6-16(17)24-3)21-18(23)15-10-19-9-14(15)12-8-20-22(2)11-12;/h5-8,11,14-15,19H,4,9-10H2,1-3H3,(H,21,23);1H/t14-,15+;/m1./s1. The van der Waals surface area contributed by atoms with Gasteiger partial charge in [-0.15, -0.1) is 12.4 Å². The van der Waals surface area contributed by atoms with E-state index in [2.05, 4.69) is 15.7 Å². The number of amides is 1. The van der Waals surface area contributed by atoms with Crippen LogP contribution in [0.3, 0.4) is 0 Å². The van der Waals surface area contributed by atoms with E-state index in [-0.39, 0.29) is 30.2 Å². The Balaban J connectivity index is 0.00000243. The second-order valence-electron chi connectivity index (χ2n) is 6.11. The Morgan fingerprint density at radius 2 is 2.19 bits per heavy atom. The number of ether oxygens (including phenoxy) is 2. The first-order valence-electron chi connectivity index (χ1n) is 8.43. The molecule has 0 bridgehead atoms. The van der Waals surface area contributed by atoms with Crippen LogP contribution in [0.1, 0.15) is 18.4 Å². The second-order valence-corrected chi connectivity index (χ2v) is 6.11. The van der Waals surface area contributed by atoms with E-state index < -0.39 is 0 Å². The van der Waals surface area contributed by atoms with Gasteiger partial charge in [0.2, 0.25) is 5.91 Å². The maximum absolute atomic E-state index is 12.8. The van der Waals surface area contributed by atoms with Gasteiger partial charge in [0.25, 0.3) is 0 Å². The van der Waals surface area contributed by atoms with Crippen molar-refractivity contribution in [1.29, 1.82) is 0 Å². The van der Waals surface area contributed by atoms with Crippen LogP contribution in [0.2, 0.25) is 0 Å². The average Bonchev–Trinajstić information content (AvgIpc) is 3.24. The highest BCUT2D eigenvalue weighted by Gasteiger charge is 2.34. The first kappa shape index (κ1) is 20.1. The van der Waals surface area contributed by atoms with Crippen molar-refractivity contribution < 1.29 is 14.3 Å². The number of carbonyl (C=O) groups excluding carboxylic acids is 1. The lowest BCUT2D eigenvalue weighted by atomic mass is 9.90. The maximum Gasteiger partial charge on any atom is 0.229 e. The summed E-state index contributed by atoms with van der Waals surface area (Å²) >= 11 is 0. The highest BCUT2D eigenvalue weighted by atomic mass is 35.5. The Bertz CT molecular complexity index is 750. The van der Waals surface area contributed by atoms with Gasteiger partial charge in [-0.25, -0.2) is 0 Å². The van der Waals surface area contributed by atoms with E-state index in [0.717, 1.165) is 12.1 Å². The Hall–Kier alpha value is -2.25. The molecule has 0 unspecified atom stereocenters. The van der Waals surface area contributed by atoms with Crippen molar-refractivity contribution in [3.8, 4) is 11.5 Å². The summed E-state index contributed by atoms with van der Waals surface area (Å²) in [6.45, 7) is 3.87. The lowest BCUT2D eigenvalue weighted by molar-refractivity contribution is -0.119. The summed E-state index contributed by atoms with van der Waals surface area (Å²) in [6.07, 6.45) is 3.80. The normalized spacial score (nSPS) is 18.9. The zero-order valence-corrected chi connectivity index (χ0v) is 16.0.